The van der Waals surface area contributed by atoms with Crippen molar-refractivity contribution in [2.75, 3.05) is 5.73 Å². The number of anilines is 1. The molecule has 2 rings (SSSR count). The number of thioether (sulfide) groups is 1. The standard InChI is InChI=1S/C12H12N2O2S/c13-9-5-1-3-7-11(9)17-12-8-4-2-6-10(12)14(15)16/h1,3-5,7-8H,2,6,13H2. The molecule has 0 fully saturated rings. The molecule has 5 heteroatoms. The van der Waals surface area contributed by atoms with Gasteiger partial charge in [0.15, 0.2) is 0 Å². The fourth-order valence-corrected chi connectivity index (χ4v) is 2.62. The molecular formula is C12H12N2O2S. The number of nitrogen functional groups attached to an aromatic ring is 1. The smallest absolute Gasteiger partial charge is 0.260 e. The van der Waals surface area contributed by atoms with E-state index in [0.29, 0.717) is 17.0 Å². The van der Waals surface area contributed by atoms with Crippen LogP contribution >= 0.6 is 11.8 Å². The van der Waals surface area contributed by atoms with Gasteiger partial charge in [0.2, 0.25) is 0 Å². The molecule has 0 unspecified atom stereocenters. The zero-order valence-corrected chi connectivity index (χ0v) is 9.94. The van der Waals surface area contributed by atoms with Crippen molar-refractivity contribution in [1.29, 1.82) is 0 Å². The van der Waals surface area contributed by atoms with E-state index in [4.69, 9.17) is 5.73 Å². The second-order valence-corrected chi connectivity index (χ2v) is 4.73. The van der Waals surface area contributed by atoms with Crippen LogP contribution in [0.1, 0.15) is 12.8 Å². The monoisotopic (exact) mass is 248 g/mol. The highest BCUT2D eigenvalue weighted by atomic mass is 32.2. The lowest BCUT2D eigenvalue weighted by Crippen LogP contribution is -2.03. The molecule has 88 valence electrons. The van der Waals surface area contributed by atoms with Crippen LogP contribution in [0.15, 0.2) is 51.9 Å². The minimum Gasteiger partial charge on any atom is -0.398 e. The number of hydrogen-bond acceptors (Lipinski definition) is 4. The van der Waals surface area contributed by atoms with Crippen molar-refractivity contribution >= 4 is 17.4 Å². The Balaban J connectivity index is 2.31. The third-order valence-electron chi connectivity index (χ3n) is 2.46. The van der Waals surface area contributed by atoms with Crippen molar-refractivity contribution in [1.82, 2.24) is 0 Å². The van der Waals surface area contributed by atoms with Crippen molar-refractivity contribution in [3.05, 3.63) is 57.1 Å². The van der Waals surface area contributed by atoms with Crippen LogP contribution in [0, 0.1) is 10.1 Å². The number of benzene rings is 1. The van der Waals surface area contributed by atoms with E-state index < -0.39 is 0 Å². The molecule has 4 nitrogen and oxygen atoms in total. The summed E-state index contributed by atoms with van der Waals surface area (Å²) < 4.78 is 0. The minimum atomic E-state index is -0.301. The Kier molecular flexibility index (Phi) is 3.49. The van der Waals surface area contributed by atoms with Crippen LogP contribution in [-0.4, -0.2) is 4.92 Å². The molecular weight excluding hydrogens is 236 g/mol. The summed E-state index contributed by atoms with van der Waals surface area (Å²) >= 11 is 1.35. The molecule has 0 saturated heterocycles. The molecule has 0 aromatic heterocycles. The van der Waals surface area contributed by atoms with Crippen molar-refractivity contribution < 1.29 is 4.92 Å². The van der Waals surface area contributed by atoms with Gasteiger partial charge >= 0.3 is 0 Å². The van der Waals surface area contributed by atoms with Gasteiger partial charge in [-0.15, -0.1) is 0 Å². The van der Waals surface area contributed by atoms with Gasteiger partial charge in [0, 0.05) is 17.0 Å². The lowest BCUT2D eigenvalue weighted by Gasteiger charge is -2.09. The molecule has 17 heavy (non-hydrogen) atoms. The van der Waals surface area contributed by atoms with E-state index >= 15 is 0 Å². The van der Waals surface area contributed by atoms with Gasteiger partial charge in [0.1, 0.15) is 0 Å². The first-order valence-electron chi connectivity index (χ1n) is 5.25. The summed E-state index contributed by atoms with van der Waals surface area (Å²) in [5.41, 5.74) is 6.75. The van der Waals surface area contributed by atoms with Gasteiger partial charge in [-0.3, -0.25) is 10.1 Å². The fourth-order valence-electron chi connectivity index (χ4n) is 1.60. The van der Waals surface area contributed by atoms with Crippen LogP contribution in [0.3, 0.4) is 0 Å². The Morgan fingerprint density at radius 3 is 2.82 bits per heavy atom. The van der Waals surface area contributed by atoms with Crippen molar-refractivity contribution in [2.45, 2.75) is 17.7 Å². The number of nitrogens with zero attached hydrogens (tertiary/aromatic N) is 1. The largest absolute Gasteiger partial charge is 0.398 e. The maximum atomic E-state index is 10.9. The molecule has 0 radical (unpaired) electrons. The molecule has 1 aliphatic carbocycles. The Morgan fingerprint density at radius 1 is 1.35 bits per heavy atom. The number of nitro groups is 1. The minimum absolute atomic E-state index is 0.278. The van der Waals surface area contributed by atoms with Crippen LogP contribution in [0.4, 0.5) is 5.69 Å². The van der Waals surface area contributed by atoms with Crippen molar-refractivity contribution in [3.63, 3.8) is 0 Å². The Hall–Kier alpha value is -1.75. The first-order valence-corrected chi connectivity index (χ1v) is 6.06. The quantitative estimate of drug-likeness (QED) is 0.506. The number of rotatable bonds is 3. The second-order valence-electron chi connectivity index (χ2n) is 3.65. The maximum absolute atomic E-state index is 10.9. The van der Waals surface area contributed by atoms with Gasteiger partial charge in [-0.1, -0.05) is 30.0 Å². The predicted octanol–water partition coefficient (Wildman–Crippen LogP) is 3.20. The van der Waals surface area contributed by atoms with Crippen LogP contribution < -0.4 is 5.73 Å². The van der Waals surface area contributed by atoms with E-state index in [2.05, 4.69) is 0 Å². The molecule has 0 atom stereocenters. The highest BCUT2D eigenvalue weighted by Crippen LogP contribution is 2.36. The number of nitrogens with two attached hydrogens (primary N) is 1. The molecule has 0 saturated carbocycles. The fraction of sp³-hybridized carbons (Fsp3) is 0.167. The lowest BCUT2D eigenvalue weighted by molar-refractivity contribution is -0.428. The van der Waals surface area contributed by atoms with Crippen molar-refractivity contribution in [3.8, 4) is 0 Å². The molecule has 0 aliphatic heterocycles. The third-order valence-corrected chi connectivity index (χ3v) is 3.64. The molecule has 1 aromatic carbocycles. The van der Waals surface area contributed by atoms with Gasteiger partial charge in [-0.25, -0.2) is 0 Å². The van der Waals surface area contributed by atoms with Gasteiger partial charge in [0.25, 0.3) is 5.70 Å². The third kappa shape index (κ3) is 2.68. The van der Waals surface area contributed by atoms with Crippen LogP contribution in [-0.2, 0) is 0 Å². The highest BCUT2D eigenvalue weighted by molar-refractivity contribution is 8.03. The Bertz CT molecular complexity index is 509. The van der Waals surface area contributed by atoms with Crippen LogP contribution in [0.5, 0.6) is 0 Å². The summed E-state index contributed by atoms with van der Waals surface area (Å²) in [5.74, 6) is 0. The lowest BCUT2D eigenvalue weighted by atomic mass is 10.1. The summed E-state index contributed by atoms with van der Waals surface area (Å²) in [7, 11) is 0. The predicted molar refractivity (Wildman–Crippen MR) is 69.1 cm³/mol. The van der Waals surface area contributed by atoms with E-state index in [-0.39, 0.29) is 10.6 Å². The summed E-state index contributed by atoms with van der Waals surface area (Å²) in [6, 6.07) is 7.38. The maximum Gasteiger partial charge on any atom is 0.260 e. The SMILES string of the molecule is Nc1ccccc1SC1=C([N+](=O)[O-])CCC=C1. The summed E-state index contributed by atoms with van der Waals surface area (Å²) in [6.45, 7) is 0. The summed E-state index contributed by atoms with van der Waals surface area (Å²) in [4.78, 5) is 12.1. The van der Waals surface area contributed by atoms with Gasteiger partial charge in [-0.2, -0.15) is 0 Å². The highest BCUT2D eigenvalue weighted by Gasteiger charge is 2.20. The first kappa shape index (κ1) is 11.7. The second kappa shape index (κ2) is 5.05. The molecule has 1 aromatic rings. The number of hydrogen-bond donors (Lipinski definition) is 1. The van der Waals surface area contributed by atoms with Gasteiger partial charge < -0.3 is 5.73 Å². The molecule has 0 bridgehead atoms. The zero-order chi connectivity index (χ0) is 12.3. The van der Waals surface area contributed by atoms with Crippen LogP contribution in [0.2, 0.25) is 0 Å². The van der Waals surface area contributed by atoms with Gasteiger partial charge in [-0.05, 0) is 24.6 Å². The summed E-state index contributed by atoms with van der Waals surface area (Å²) in [5, 5.41) is 10.9. The molecule has 0 heterocycles. The van der Waals surface area contributed by atoms with E-state index in [1.807, 2.05) is 24.3 Å². The molecule has 0 spiro atoms. The van der Waals surface area contributed by atoms with E-state index in [1.54, 1.807) is 12.1 Å². The zero-order valence-electron chi connectivity index (χ0n) is 9.13. The van der Waals surface area contributed by atoms with E-state index in [0.717, 1.165) is 11.3 Å². The molecule has 0 amide bonds. The number of allylic oxidation sites excluding steroid dienone is 3. The van der Waals surface area contributed by atoms with Crippen LogP contribution in [0.25, 0.3) is 0 Å². The Morgan fingerprint density at radius 2 is 2.12 bits per heavy atom. The van der Waals surface area contributed by atoms with E-state index in [1.165, 1.54) is 11.8 Å². The van der Waals surface area contributed by atoms with Gasteiger partial charge in [0.05, 0.1) is 9.83 Å². The Labute approximate surface area is 103 Å². The van der Waals surface area contributed by atoms with E-state index in [9.17, 15) is 10.1 Å². The number of para-hydroxylation sites is 1. The molecule has 2 N–H and O–H groups in total. The average Bonchev–Trinajstić information content (AvgIpc) is 2.32. The topological polar surface area (TPSA) is 69.2 Å². The first-order chi connectivity index (χ1) is 8.18. The van der Waals surface area contributed by atoms with Crippen molar-refractivity contribution in [2.24, 2.45) is 0 Å². The normalized spacial score (nSPS) is 15.1. The summed E-state index contributed by atoms with van der Waals surface area (Å²) in [6.07, 6.45) is 4.97. The molecule has 1 aliphatic rings. The average molecular weight is 248 g/mol.